The van der Waals surface area contributed by atoms with Crippen LogP contribution in [0, 0.1) is 5.82 Å². The molecule has 0 saturated heterocycles. The summed E-state index contributed by atoms with van der Waals surface area (Å²) in [6, 6.07) is 5.98. The molecular weight excluding hydrogens is 349 g/mol. The van der Waals surface area contributed by atoms with Crippen molar-refractivity contribution in [3.05, 3.63) is 35.6 Å². The highest BCUT2D eigenvalue weighted by molar-refractivity contribution is 8.16. The van der Waals surface area contributed by atoms with Crippen LogP contribution < -0.4 is 0 Å². The number of halogens is 5. The molecule has 3 atom stereocenters. The van der Waals surface area contributed by atoms with E-state index in [-0.39, 0.29) is 11.5 Å². The van der Waals surface area contributed by atoms with Gasteiger partial charge in [0.15, 0.2) is 0 Å². The summed E-state index contributed by atoms with van der Waals surface area (Å²) in [4.78, 5) is 15.6. The Labute approximate surface area is 140 Å². The minimum atomic E-state index is -5.20. The van der Waals surface area contributed by atoms with Crippen molar-refractivity contribution in [1.82, 2.24) is 0 Å². The van der Waals surface area contributed by atoms with Gasteiger partial charge in [-0.2, -0.15) is 13.2 Å². The summed E-state index contributed by atoms with van der Waals surface area (Å²) in [6.45, 7) is 2.91. The van der Waals surface area contributed by atoms with Crippen molar-refractivity contribution in [1.29, 1.82) is 0 Å². The molecule has 1 aromatic carbocycles. The summed E-state index contributed by atoms with van der Waals surface area (Å²) in [6.07, 6.45) is -5.15. The average molecular weight is 365 g/mol. The highest BCUT2D eigenvalue weighted by atomic mass is 32.2. The van der Waals surface area contributed by atoms with Gasteiger partial charge in [-0.05, 0) is 31.4 Å². The molecule has 1 aliphatic rings. The van der Waals surface area contributed by atoms with E-state index in [1.807, 2.05) is 0 Å². The molecule has 0 N–H and O–H groups in total. The van der Waals surface area contributed by atoms with E-state index in [1.54, 1.807) is 19.1 Å². The van der Waals surface area contributed by atoms with Crippen LogP contribution >= 0.6 is 11.8 Å². The lowest BCUT2D eigenvalue weighted by atomic mass is 9.90. The lowest BCUT2D eigenvalue weighted by molar-refractivity contribution is -0.232. The maximum atomic E-state index is 14.3. The van der Waals surface area contributed by atoms with E-state index < -0.39 is 34.2 Å². The standard InChI is InChI=1S/C16H16F5NOS/c1-9(10-6-4-5-7-11(10)17)8-12-22-13(23)14(2,24-12)15(3,18)16(19,20)21/h4-7,9H,8H2,1-3H3/t9-,14?,15?/m1/s1. The summed E-state index contributed by atoms with van der Waals surface area (Å²) in [7, 11) is 0. The number of aliphatic imine (C=N–C) groups is 1. The Kier molecular flexibility index (Phi) is 4.82. The fourth-order valence-electron chi connectivity index (χ4n) is 2.42. The van der Waals surface area contributed by atoms with Crippen LogP contribution in [0.4, 0.5) is 22.0 Å². The number of thioether (sulfide) groups is 1. The molecule has 2 unspecified atom stereocenters. The Morgan fingerprint density at radius 1 is 1.25 bits per heavy atom. The van der Waals surface area contributed by atoms with Gasteiger partial charge in [0.1, 0.15) is 10.6 Å². The number of carbonyl (C=O) groups excluding carboxylic acids is 1. The zero-order valence-corrected chi connectivity index (χ0v) is 14.1. The van der Waals surface area contributed by atoms with Gasteiger partial charge in [-0.3, -0.25) is 4.79 Å². The SMILES string of the molecule is C[C@H](CC1=NC(=O)C(C)(C(C)(F)C(F)(F)F)S1)c1ccccc1F. The molecule has 0 bridgehead atoms. The van der Waals surface area contributed by atoms with Crippen LogP contribution in [0.25, 0.3) is 0 Å². The first kappa shape index (κ1) is 18.9. The molecule has 1 amide bonds. The van der Waals surface area contributed by atoms with Gasteiger partial charge in [0.2, 0.25) is 5.67 Å². The van der Waals surface area contributed by atoms with Gasteiger partial charge >= 0.3 is 6.18 Å². The topological polar surface area (TPSA) is 29.4 Å². The summed E-state index contributed by atoms with van der Waals surface area (Å²) in [5.41, 5.74) is -3.37. The van der Waals surface area contributed by atoms with E-state index in [0.717, 1.165) is 6.92 Å². The Morgan fingerprint density at radius 3 is 2.38 bits per heavy atom. The summed E-state index contributed by atoms with van der Waals surface area (Å²) in [5.74, 6) is -2.02. The van der Waals surface area contributed by atoms with E-state index in [1.165, 1.54) is 12.1 Å². The molecule has 0 aliphatic carbocycles. The number of nitrogens with zero attached hydrogens (tertiary/aromatic N) is 1. The average Bonchev–Trinajstić information content (AvgIpc) is 2.74. The second-order valence-electron chi connectivity index (χ2n) is 6.07. The van der Waals surface area contributed by atoms with E-state index in [2.05, 4.69) is 4.99 Å². The van der Waals surface area contributed by atoms with Crippen LogP contribution in [0.2, 0.25) is 0 Å². The largest absolute Gasteiger partial charge is 0.424 e. The predicted octanol–water partition coefficient (Wildman–Crippen LogP) is 5.04. The number of carbonyl (C=O) groups is 1. The number of hydrogen-bond acceptors (Lipinski definition) is 2. The third kappa shape index (κ3) is 3.08. The fourth-order valence-corrected chi connectivity index (χ4v) is 3.80. The highest BCUT2D eigenvalue weighted by Crippen LogP contribution is 2.52. The lowest BCUT2D eigenvalue weighted by Gasteiger charge is -2.35. The van der Waals surface area contributed by atoms with Gasteiger partial charge in [-0.15, -0.1) is 0 Å². The van der Waals surface area contributed by atoms with Crippen LogP contribution in [0.15, 0.2) is 29.3 Å². The van der Waals surface area contributed by atoms with Crippen molar-refractivity contribution < 1.29 is 26.7 Å². The number of amides is 1. The molecule has 0 aromatic heterocycles. The minimum Gasteiger partial charge on any atom is -0.271 e. The minimum absolute atomic E-state index is 0.0564. The molecule has 0 saturated carbocycles. The number of benzene rings is 1. The van der Waals surface area contributed by atoms with Crippen molar-refractivity contribution >= 4 is 22.7 Å². The first-order valence-electron chi connectivity index (χ1n) is 7.21. The van der Waals surface area contributed by atoms with Gasteiger partial charge in [0.05, 0.1) is 5.04 Å². The van der Waals surface area contributed by atoms with Crippen molar-refractivity contribution in [2.45, 2.75) is 49.7 Å². The zero-order valence-electron chi connectivity index (χ0n) is 13.2. The van der Waals surface area contributed by atoms with Crippen molar-refractivity contribution in [3.63, 3.8) is 0 Å². The third-order valence-corrected chi connectivity index (χ3v) is 5.76. The Balaban J connectivity index is 2.21. The van der Waals surface area contributed by atoms with E-state index in [4.69, 9.17) is 0 Å². The zero-order chi connectivity index (χ0) is 18.3. The molecule has 0 spiro atoms. The van der Waals surface area contributed by atoms with Gasteiger partial charge in [-0.1, -0.05) is 36.9 Å². The van der Waals surface area contributed by atoms with Crippen molar-refractivity contribution in [2.24, 2.45) is 4.99 Å². The number of alkyl halides is 4. The van der Waals surface area contributed by atoms with Gasteiger partial charge in [0, 0.05) is 6.42 Å². The summed E-state index contributed by atoms with van der Waals surface area (Å²) in [5, 5.41) is 0.0754. The quantitative estimate of drug-likeness (QED) is 0.700. The smallest absolute Gasteiger partial charge is 0.271 e. The maximum Gasteiger partial charge on any atom is 0.424 e. The first-order valence-corrected chi connectivity index (χ1v) is 8.03. The molecule has 1 aromatic rings. The van der Waals surface area contributed by atoms with Crippen LogP contribution in [0.1, 0.15) is 38.7 Å². The normalized spacial score (nSPS) is 25.3. The summed E-state index contributed by atoms with van der Waals surface area (Å²) < 4.78 is 64.6. The number of hydrogen-bond donors (Lipinski definition) is 0. The molecule has 0 fully saturated rings. The highest BCUT2D eigenvalue weighted by Gasteiger charge is 2.68. The molecule has 2 nitrogen and oxygen atoms in total. The second kappa shape index (κ2) is 6.13. The van der Waals surface area contributed by atoms with Crippen molar-refractivity contribution in [3.8, 4) is 0 Å². The van der Waals surface area contributed by atoms with Crippen LogP contribution in [-0.2, 0) is 4.79 Å². The second-order valence-corrected chi connectivity index (χ2v) is 7.57. The van der Waals surface area contributed by atoms with Gasteiger partial charge in [-0.25, -0.2) is 13.8 Å². The number of rotatable bonds is 4. The first-order chi connectivity index (χ1) is 10.9. The van der Waals surface area contributed by atoms with Crippen LogP contribution in [-0.4, -0.2) is 27.5 Å². The van der Waals surface area contributed by atoms with Crippen LogP contribution in [0.3, 0.4) is 0 Å². The molecule has 1 heterocycles. The maximum absolute atomic E-state index is 14.3. The molecule has 0 radical (unpaired) electrons. The Morgan fingerprint density at radius 2 is 1.83 bits per heavy atom. The third-order valence-electron chi connectivity index (χ3n) is 4.30. The van der Waals surface area contributed by atoms with E-state index in [9.17, 15) is 26.7 Å². The molecule has 8 heteroatoms. The monoisotopic (exact) mass is 365 g/mol. The van der Waals surface area contributed by atoms with Gasteiger partial charge in [0.25, 0.3) is 5.91 Å². The fraction of sp³-hybridized carbons (Fsp3) is 0.500. The Bertz CT molecular complexity index is 685. The molecule has 24 heavy (non-hydrogen) atoms. The lowest BCUT2D eigenvalue weighted by Crippen LogP contribution is -2.57. The Hall–Kier alpha value is -1.44. The molecular formula is C16H16F5NOS. The molecule has 132 valence electrons. The van der Waals surface area contributed by atoms with E-state index >= 15 is 0 Å². The molecule has 2 rings (SSSR count). The van der Waals surface area contributed by atoms with Crippen LogP contribution in [0.5, 0.6) is 0 Å². The van der Waals surface area contributed by atoms with E-state index in [0.29, 0.717) is 24.2 Å². The van der Waals surface area contributed by atoms with Gasteiger partial charge < -0.3 is 0 Å². The van der Waals surface area contributed by atoms with Crippen molar-refractivity contribution in [2.75, 3.05) is 0 Å². The summed E-state index contributed by atoms with van der Waals surface area (Å²) >= 11 is 0.467. The predicted molar refractivity (Wildman–Crippen MR) is 83.4 cm³/mol. The molecule has 1 aliphatic heterocycles.